The Labute approximate surface area is 196 Å². The molecule has 0 aliphatic carbocycles. The molecule has 1 aromatic heterocycles. The van der Waals surface area contributed by atoms with Crippen molar-refractivity contribution in [1.29, 1.82) is 0 Å². The van der Waals surface area contributed by atoms with Crippen molar-refractivity contribution in [1.82, 2.24) is 14.5 Å². The van der Waals surface area contributed by atoms with Crippen LogP contribution in [0.3, 0.4) is 0 Å². The molecular weight excluding hydrogens is 496 g/mol. The van der Waals surface area contributed by atoms with Crippen LogP contribution in [-0.2, 0) is 10.0 Å². The smallest absolute Gasteiger partial charge is 0.246 e. The molecule has 1 saturated heterocycles. The molecule has 0 amide bonds. The number of ether oxygens (including phenoxy) is 2. The van der Waals surface area contributed by atoms with Gasteiger partial charge >= 0.3 is 0 Å². The van der Waals surface area contributed by atoms with Crippen molar-refractivity contribution in [2.24, 2.45) is 0 Å². The second-order valence-corrected chi connectivity index (χ2v) is 10.0. The number of hydrogen-bond donors (Lipinski definition) is 0. The van der Waals surface area contributed by atoms with E-state index >= 15 is 0 Å². The van der Waals surface area contributed by atoms with Gasteiger partial charge in [0, 0.05) is 36.2 Å². The number of nitrogens with zero attached hydrogens (tertiary/aromatic N) is 4. The molecule has 2 heterocycles. The zero-order chi connectivity index (χ0) is 22.7. The summed E-state index contributed by atoms with van der Waals surface area (Å²) in [5.41, 5.74) is 1.71. The van der Waals surface area contributed by atoms with Crippen molar-refractivity contribution in [3.63, 3.8) is 0 Å². The maximum absolute atomic E-state index is 13.2. The van der Waals surface area contributed by atoms with Gasteiger partial charge in [-0.2, -0.15) is 4.31 Å². The minimum atomic E-state index is -3.68. The molecule has 1 fully saturated rings. The van der Waals surface area contributed by atoms with Crippen LogP contribution in [0.1, 0.15) is 0 Å². The van der Waals surface area contributed by atoms with Crippen LogP contribution >= 0.6 is 15.9 Å². The average molecular weight is 519 g/mol. The number of piperazine rings is 1. The normalized spacial score (nSPS) is 14.9. The lowest BCUT2D eigenvalue weighted by Gasteiger charge is -2.34. The Bertz CT molecular complexity index is 1180. The lowest BCUT2D eigenvalue weighted by Crippen LogP contribution is -2.49. The highest BCUT2D eigenvalue weighted by Crippen LogP contribution is 2.30. The Morgan fingerprint density at radius 1 is 0.875 bits per heavy atom. The SMILES string of the molecule is COc1ccc(-c2ccc(N3CCN(S(=O)(=O)c4cc(Br)ccc4OC)CC3)nn2)cc1. The number of methoxy groups -OCH3 is 2. The molecule has 10 heteroatoms. The van der Waals surface area contributed by atoms with Crippen LogP contribution in [0.5, 0.6) is 11.5 Å². The van der Waals surface area contributed by atoms with Crippen LogP contribution in [0, 0.1) is 0 Å². The number of halogens is 1. The van der Waals surface area contributed by atoms with Crippen molar-refractivity contribution >= 4 is 31.8 Å². The van der Waals surface area contributed by atoms with E-state index in [4.69, 9.17) is 9.47 Å². The van der Waals surface area contributed by atoms with E-state index in [0.29, 0.717) is 36.4 Å². The van der Waals surface area contributed by atoms with Gasteiger partial charge in [0.1, 0.15) is 16.4 Å². The first-order chi connectivity index (χ1) is 15.4. The maximum Gasteiger partial charge on any atom is 0.246 e. The van der Waals surface area contributed by atoms with Crippen LogP contribution in [0.25, 0.3) is 11.3 Å². The maximum atomic E-state index is 13.2. The molecule has 0 saturated carbocycles. The summed E-state index contributed by atoms with van der Waals surface area (Å²) in [6.45, 7) is 1.73. The molecule has 0 bridgehead atoms. The van der Waals surface area contributed by atoms with Crippen LogP contribution in [0.4, 0.5) is 5.82 Å². The summed E-state index contributed by atoms with van der Waals surface area (Å²) in [6, 6.07) is 16.4. The van der Waals surface area contributed by atoms with Crippen LogP contribution < -0.4 is 14.4 Å². The molecule has 1 aliphatic rings. The second kappa shape index (κ2) is 9.43. The van der Waals surface area contributed by atoms with Crippen molar-refractivity contribution in [2.75, 3.05) is 45.3 Å². The standard InChI is InChI=1S/C22H23BrN4O4S/c1-30-18-6-3-16(4-7-18)19-8-10-22(25-24-19)26-11-13-27(14-12-26)32(28,29)21-15-17(23)5-9-20(21)31-2/h3-10,15H,11-14H2,1-2H3. The van der Waals surface area contributed by atoms with E-state index in [9.17, 15) is 8.42 Å². The Morgan fingerprint density at radius 2 is 1.59 bits per heavy atom. The Balaban J connectivity index is 1.45. The highest BCUT2D eigenvalue weighted by molar-refractivity contribution is 9.10. The molecule has 0 atom stereocenters. The summed E-state index contributed by atoms with van der Waals surface area (Å²) in [6.07, 6.45) is 0. The third kappa shape index (κ3) is 4.57. The molecule has 168 valence electrons. The monoisotopic (exact) mass is 518 g/mol. The number of anilines is 1. The fraction of sp³-hybridized carbons (Fsp3) is 0.273. The van der Waals surface area contributed by atoms with E-state index in [1.54, 1.807) is 25.3 Å². The summed E-state index contributed by atoms with van der Waals surface area (Å²) in [4.78, 5) is 2.20. The van der Waals surface area contributed by atoms with Gasteiger partial charge in [-0.25, -0.2) is 8.42 Å². The second-order valence-electron chi connectivity index (χ2n) is 7.19. The van der Waals surface area contributed by atoms with E-state index in [1.165, 1.54) is 11.4 Å². The molecule has 0 N–H and O–H groups in total. The molecular formula is C22H23BrN4O4S. The van der Waals surface area contributed by atoms with E-state index in [-0.39, 0.29) is 4.90 Å². The lowest BCUT2D eigenvalue weighted by atomic mass is 10.1. The quantitative estimate of drug-likeness (QED) is 0.494. The summed E-state index contributed by atoms with van der Waals surface area (Å²) in [5, 5.41) is 8.70. The summed E-state index contributed by atoms with van der Waals surface area (Å²) >= 11 is 3.34. The predicted molar refractivity (Wildman–Crippen MR) is 126 cm³/mol. The molecule has 0 radical (unpaired) electrons. The van der Waals surface area contributed by atoms with E-state index in [2.05, 4.69) is 26.1 Å². The minimum Gasteiger partial charge on any atom is -0.497 e. The van der Waals surface area contributed by atoms with Gasteiger partial charge in [-0.15, -0.1) is 10.2 Å². The molecule has 4 rings (SSSR count). The first-order valence-electron chi connectivity index (χ1n) is 9.99. The van der Waals surface area contributed by atoms with Crippen LogP contribution in [-0.4, -0.2) is 63.3 Å². The third-order valence-corrected chi connectivity index (χ3v) is 7.76. The van der Waals surface area contributed by atoms with Gasteiger partial charge in [0.05, 0.1) is 19.9 Å². The van der Waals surface area contributed by atoms with E-state index < -0.39 is 10.0 Å². The van der Waals surface area contributed by atoms with E-state index in [1.807, 2.05) is 41.3 Å². The van der Waals surface area contributed by atoms with Crippen molar-refractivity contribution in [2.45, 2.75) is 4.90 Å². The van der Waals surface area contributed by atoms with Crippen molar-refractivity contribution in [3.05, 3.63) is 59.1 Å². The van der Waals surface area contributed by atoms with Crippen molar-refractivity contribution in [3.8, 4) is 22.8 Å². The zero-order valence-corrected chi connectivity index (χ0v) is 20.1. The zero-order valence-electron chi connectivity index (χ0n) is 17.7. The molecule has 0 unspecified atom stereocenters. The Morgan fingerprint density at radius 3 is 2.19 bits per heavy atom. The first kappa shape index (κ1) is 22.5. The largest absolute Gasteiger partial charge is 0.497 e. The van der Waals surface area contributed by atoms with Crippen molar-refractivity contribution < 1.29 is 17.9 Å². The van der Waals surface area contributed by atoms with Gasteiger partial charge in [-0.1, -0.05) is 15.9 Å². The molecule has 32 heavy (non-hydrogen) atoms. The Hall–Kier alpha value is -2.69. The third-order valence-electron chi connectivity index (χ3n) is 5.34. The molecule has 3 aromatic rings. The molecule has 1 aliphatic heterocycles. The van der Waals surface area contributed by atoms with Gasteiger partial charge in [0.15, 0.2) is 5.82 Å². The van der Waals surface area contributed by atoms with E-state index in [0.717, 1.165) is 22.8 Å². The summed E-state index contributed by atoms with van der Waals surface area (Å²) < 4.78 is 39.0. The number of sulfonamides is 1. The molecule has 8 nitrogen and oxygen atoms in total. The van der Waals surface area contributed by atoms with Gasteiger partial charge in [-0.05, 0) is 54.6 Å². The van der Waals surface area contributed by atoms with Crippen LogP contribution in [0.15, 0.2) is 64.0 Å². The number of rotatable bonds is 6. The number of hydrogen-bond acceptors (Lipinski definition) is 7. The summed E-state index contributed by atoms with van der Waals surface area (Å²) in [5.74, 6) is 1.83. The fourth-order valence-corrected chi connectivity index (χ4v) is 5.67. The van der Waals surface area contributed by atoms with Gasteiger partial charge in [0.2, 0.25) is 10.0 Å². The average Bonchev–Trinajstić information content (AvgIpc) is 2.84. The lowest BCUT2D eigenvalue weighted by molar-refractivity contribution is 0.373. The first-order valence-corrected chi connectivity index (χ1v) is 12.2. The van der Waals surface area contributed by atoms with Gasteiger partial charge < -0.3 is 14.4 Å². The number of benzene rings is 2. The highest BCUT2D eigenvalue weighted by Gasteiger charge is 2.31. The number of aromatic nitrogens is 2. The topological polar surface area (TPSA) is 84.9 Å². The van der Waals surface area contributed by atoms with Crippen LogP contribution in [0.2, 0.25) is 0 Å². The van der Waals surface area contributed by atoms with Gasteiger partial charge in [0.25, 0.3) is 0 Å². The Kier molecular flexibility index (Phi) is 6.63. The highest BCUT2D eigenvalue weighted by atomic mass is 79.9. The fourth-order valence-electron chi connectivity index (χ4n) is 3.56. The summed E-state index contributed by atoms with van der Waals surface area (Å²) in [7, 11) is -0.580. The predicted octanol–water partition coefficient (Wildman–Crippen LogP) is 3.43. The minimum absolute atomic E-state index is 0.159. The molecule has 2 aromatic carbocycles. The van der Waals surface area contributed by atoms with Gasteiger partial charge in [-0.3, -0.25) is 0 Å². The molecule has 0 spiro atoms.